The van der Waals surface area contributed by atoms with E-state index in [0.717, 1.165) is 43.3 Å². The SMILES string of the molecule is CCC[C@@H](CCCc1cc(NC(C)=O)c2c(c1)C(=O)N(C(CS(C)(=O)=O)c1ccc(OC)c(OCC)c1)C2=O)OC(=O)N1CCCCC1. The number of methoxy groups -OCH3 is 1. The van der Waals surface area contributed by atoms with Crippen LogP contribution in [0.1, 0.15) is 104 Å². The van der Waals surface area contributed by atoms with E-state index in [2.05, 4.69) is 5.32 Å². The molecule has 0 radical (unpaired) electrons. The summed E-state index contributed by atoms with van der Waals surface area (Å²) in [5, 5.41) is 2.70. The molecule has 48 heavy (non-hydrogen) atoms. The summed E-state index contributed by atoms with van der Waals surface area (Å²) < 4.78 is 42.2. The third-order valence-electron chi connectivity index (χ3n) is 8.52. The predicted octanol–water partition coefficient (Wildman–Crippen LogP) is 5.55. The van der Waals surface area contributed by atoms with Crippen molar-refractivity contribution in [2.75, 3.05) is 44.1 Å². The fourth-order valence-corrected chi connectivity index (χ4v) is 7.26. The van der Waals surface area contributed by atoms with E-state index < -0.39 is 39.4 Å². The van der Waals surface area contributed by atoms with Gasteiger partial charge in [0, 0.05) is 26.3 Å². The number of nitrogens with one attached hydrogen (secondary N) is 1. The molecule has 2 heterocycles. The largest absolute Gasteiger partial charge is 0.493 e. The van der Waals surface area contributed by atoms with Crippen molar-refractivity contribution >= 4 is 39.3 Å². The van der Waals surface area contributed by atoms with Crippen LogP contribution in [-0.4, -0.2) is 87.0 Å². The number of piperidine rings is 1. The van der Waals surface area contributed by atoms with Gasteiger partial charge in [0.25, 0.3) is 11.8 Å². The molecule has 2 aromatic rings. The highest BCUT2D eigenvalue weighted by atomic mass is 32.2. The number of likely N-dealkylation sites (tertiary alicyclic amines) is 1. The molecule has 4 amide bonds. The number of nitrogens with zero attached hydrogens (tertiary/aromatic N) is 2. The molecule has 2 aliphatic rings. The highest BCUT2D eigenvalue weighted by Gasteiger charge is 2.44. The van der Waals surface area contributed by atoms with Gasteiger partial charge in [0.1, 0.15) is 15.9 Å². The lowest BCUT2D eigenvalue weighted by Gasteiger charge is -2.28. The van der Waals surface area contributed by atoms with Crippen LogP contribution in [0.15, 0.2) is 30.3 Å². The van der Waals surface area contributed by atoms with Crippen LogP contribution in [0.4, 0.5) is 10.5 Å². The third kappa shape index (κ3) is 9.06. The van der Waals surface area contributed by atoms with Crippen molar-refractivity contribution in [3.8, 4) is 11.5 Å². The summed E-state index contributed by atoms with van der Waals surface area (Å²) in [6.45, 7) is 6.86. The van der Waals surface area contributed by atoms with Gasteiger partial charge >= 0.3 is 6.09 Å². The normalized spacial score (nSPS) is 15.9. The number of sulfone groups is 1. The predicted molar refractivity (Wildman–Crippen MR) is 181 cm³/mol. The molecule has 2 aliphatic heterocycles. The minimum Gasteiger partial charge on any atom is -0.493 e. The number of anilines is 1. The molecule has 0 aliphatic carbocycles. The molecule has 1 saturated heterocycles. The highest BCUT2D eigenvalue weighted by Crippen LogP contribution is 2.39. The van der Waals surface area contributed by atoms with Crippen LogP contribution in [0, 0.1) is 0 Å². The molecule has 12 nitrogen and oxygen atoms in total. The Morgan fingerprint density at radius 2 is 1.71 bits per heavy atom. The van der Waals surface area contributed by atoms with Crippen LogP contribution < -0.4 is 14.8 Å². The van der Waals surface area contributed by atoms with E-state index in [9.17, 15) is 27.6 Å². The Labute approximate surface area is 283 Å². The van der Waals surface area contributed by atoms with Crippen LogP contribution in [0.5, 0.6) is 11.5 Å². The smallest absolute Gasteiger partial charge is 0.410 e. The van der Waals surface area contributed by atoms with Crippen LogP contribution in [0.2, 0.25) is 0 Å². The van der Waals surface area contributed by atoms with Crippen molar-refractivity contribution < 1.29 is 41.8 Å². The monoisotopic (exact) mass is 685 g/mol. The van der Waals surface area contributed by atoms with E-state index in [1.165, 1.54) is 14.0 Å². The highest BCUT2D eigenvalue weighted by molar-refractivity contribution is 7.90. The molecule has 0 saturated carbocycles. The first-order valence-electron chi connectivity index (χ1n) is 16.6. The van der Waals surface area contributed by atoms with E-state index in [1.54, 1.807) is 42.2 Å². The Hall–Kier alpha value is -4.13. The van der Waals surface area contributed by atoms with Crippen LogP contribution >= 0.6 is 0 Å². The van der Waals surface area contributed by atoms with E-state index >= 15 is 0 Å². The van der Waals surface area contributed by atoms with Crippen LogP contribution in [-0.2, 0) is 25.8 Å². The maximum Gasteiger partial charge on any atom is 0.410 e. The van der Waals surface area contributed by atoms with Crippen molar-refractivity contribution in [3.63, 3.8) is 0 Å². The lowest BCUT2D eigenvalue weighted by atomic mass is 9.98. The second kappa shape index (κ2) is 16.3. The Kier molecular flexibility index (Phi) is 12.5. The first-order chi connectivity index (χ1) is 22.9. The minimum atomic E-state index is -3.69. The summed E-state index contributed by atoms with van der Waals surface area (Å²) in [7, 11) is -2.21. The molecule has 4 rings (SSSR count). The van der Waals surface area contributed by atoms with Gasteiger partial charge in [-0.1, -0.05) is 19.4 Å². The van der Waals surface area contributed by atoms with Gasteiger partial charge in [-0.25, -0.2) is 13.2 Å². The van der Waals surface area contributed by atoms with Gasteiger partial charge in [-0.05, 0) is 87.3 Å². The molecular formula is C35H47N3O9S. The standard InChI is InChI=1S/C35H47N3O9S/c1-6-12-26(47-35(42)37-17-9-8-10-18-37)14-11-13-24-19-27-32(28(20-24)36-23(3)39)34(41)38(33(27)40)29(22-48(5,43)44)25-15-16-30(45-4)31(21-25)46-7-2/h15-16,19-21,26,29H,6-14,17-18,22H2,1-5H3,(H,36,39)/t26-,29?/m0/s1. The van der Waals surface area contributed by atoms with Gasteiger partial charge in [0.2, 0.25) is 5.91 Å². The number of benzene rings is 2. The van der Waals surface area contributed by atoms with Crippen LogP contribution in [0.3, 0.4) is 0 Å². The summed E-state index contributed by atoms with van der Waals surface area (Å²) in [5.41, 5.74) is 1.36. The Morgan fingerprint density at radius 3 is 2.33 bits per heavy atom. The van der Waals surface area contributed by atoms with Gasteiger partial charge in [0.05, 0.1) is 42.3 Å². The van der Waals surface area contributed by atoms with Gasteiger partial charge in [-0.2, -0.15) is 0 Å². The number of carbonyl (C=O) groups excluding carboxylic acids is 4. The topological polar surface area (TPSA) is 149 Å². The molecular weight excluding hydrogens is 638 g/mol. The van der Waals surface area contributed by atoms with E-state index in [-0.39, 0.29) is 29.0 Å². The second-order valence-corrected chi connectivity index (χ2v) is 14.6. The van der Waals surface area contributed by atoms with E-state index in [0.29, 0.717) is 61.6 Å². The van der Waals surface area contributed by atoms with Gasteiger partial charge < -0.3 is 24.4 Å². The summed E-state index contributed by atoms with van der Waals surface area (Å²) in [4.78, 5) is 55.8. The summed E-state index contributed by atoms with van der Waals surface area (Å²) >= 11 is 0. The number of ether oxygens (including phenoxy) is 3. The van der Waals surface area contributed by atoms with E-state index in [1.807, 2.05) is 6.92 Å². The fraction of sp³-hybridized carbons (Fsp3) is 0.543. The second-order valence-electron chi connectivity index (χ2n) is 12.4. The summed E-state index contributed by atoms with van der Waals surface area (Å²) in [6, 6.07) is 6.92. The number of imide groups is 1. The molecule has 2 aromatic carbocycles. The first-order valence-corrected chi connectivity index (χ1v) is 18.7. The Morgan fingerprint density at radius 1 is 0.979 bits per heavy atom. The zero-order valence-electron chi connectivity index (χ0n) is 28.5. The number of hydrogen-bond donors (Lipinski definition) is 1. The average molecular weight is 686 g/mol. The van der Waals surface area contributed by atoms with Crippen molar-refractivity contribution in [1.82, 2.24) is 9.80 Å². The molecule has 0 aromatic heterocycles. The van der Waals surface area contributed by atoms with E-state index in [4.69, 9.17) is 14.2 Å². The lowest BCUT2D eigenvalue weighted by molar-refractivity contribution is -0.114. The summed E-state index contributed by atoms with van der Waals surface area (Å²) in [5.74, 6) is -1.55. The van der Waals surface area contributed by atoms with Gasteiger partial charge in [-0.15, -0.1) is 0 Å². The van der Waals surface area contributed by atoms with Crippen molar-refractivity contribution in [1.29, 1.82) is 0 Å². The van der Waals surface area contributed by atoms with Gasteiger partial charge in [-0.3, -0.25) is 19.3 Å². The maximum absolute atomic E-state index is 14.1. The molecule has 0 spiro atoms. The lowest BCUT2D eigenvalue weighted by Crippen LogP contribution is -2.38. The molecule has 1 N–H and O–H groups in total. The number of amides is 4. The Balaban J connectivity index is 1.62. The minimum absolute atomic E-state index is 0.00955. The average Bonchev–Trinajstić information content (AvgIpc) is 3.28. The van der Waals surface area contributed by atoms with Crippen LogP contribution in [0.25, 0.3) is 0 Å². The number of carbonyl (C=O) groups is 4. The quantitative estimate of drug-likeness (QED) is 0.238. The van der Waals surface area contributed by atoms with Crippen molar-refractivity contribution in [2.24, 2.45) is 0 Å². The molecule has 2 atom stereocenters. The third-order valence-corrected chi connectivity index (χ3v) is 9.44. The number of hydrogen-bond acceptors (Lipinski definition) is 9. The first kappa shape index (κ1) is 36.7. The molecule has 262 valence electrons. The molecule has 1 fully saturated rings. The molecule has 13 heteroatoms. The zero-order valence-corrected chi connectivity index (χ0v) is 29.3. The number of rotatable bonds is 15. The van der Waals surface area contributed by atoms with Gasteiger partial charge in [0.15, 0.2) is 11.5 Å². The zero-order chi connectivity index (χ0) is 35.0. The maximum atomic E-state index is 14.1. The summed E-state index contributed by atoms with van der Waals surface area (Å²) in [6.07, 6.45) is 6.88. The van der Waals surface area contributed by atoms with Crippen molar-refractivity contribution in [3.05, 3.63) is 52.6 Å². The number of aryl methyl sites for hydroxylation is 1. The van der Waals surface area contributed by atoms with Crippen molar-refractivity contribution in [2.45, 2.75) is 84.3 Å². The number of fused-ring (bicyclic) bond motifs is 1. The molecule has 0 bridgehead atoms. The fourth-order valence-electron chi connectivity index (χ4n) is 6.35. The molecule has 1 unspecified atom stereocenters. The Bertz CT molecular complexity index is 1620.